The van der Waals surface area contributed by atoms with E-state index in [0.29, 0.717) is 23.7 Å². The van der Waals surface area contributed by atoms with Gasteiger partial charge in [0.25, 0.3) is 5.91 Å². The molecule has 2 aromatic heterocycles. The molecule has 1 aromatic carbocycles. The third-order valence-corrected chi connectivity index (χ3v) is 3.77. The van der Waals surface area contributed by atoms with Crippen molar-refractivity contribution in [2.45, 2.75) is 19.5 Å². The molecule has 0 aliphatic heterocycles. The highest BCUT2D eigenvalue weighted by atomic mass is 35.5. The van der Waals surface area contributed by atoms with Crippen LogP contribution in [-0.2, 0) is 13.1 Å². The van der Waals surface area contributed by atoms with Crippen LogP contribution in [0.25, 0.3) is 0 Å². The van der Waals surface area contributed by atoms with Crippen molar-refractivity contribution in [3.63, 3.8) is 0 Å². The monoisotopic (exact) mass is 343 g/mol. The zero-order valence-corrected chi connectivity index (χ0v) is 13.9. The van der Waals surface area contributed by atoms with Crippen LogP contribution >= 0.6 is 11.6 Å². The van der Waals surface area contributed by atoms with Crippen molar-refractivity contribution in [2.75, 3.05) is 6.54 Å². The number of hydrogen-bond donors (Lipinski definition) is 1. The van der Waals surface area contributed by atoms with E-state index in [-0.39, 0.29) is 5.91 Å². The fourth-order valence-corrected chi connectivity index (χ4v) is 2.51. The number of benzene rings is 1. The van der Waals surface area contributed by atoms with Crippen molar-refractivity contribution in [1.29, 1.82) is 0 Å². The lowest BCUT2D eigenvalue weighted by molar-refractivity contribution is 0.0952. The maximum Gasteiger partial charge on any atom is 0.251 e. The van der Waals surface area contributed by atoms with Crippen LogP contribution < -0.4 is 5.32 Å². The third kappa shape index (κ3) is 4.45. The van der Waals surface area contributed by atoms with Crippen LogP contribution in [0, 0.1) is 0 Å². The Kier molecular flexibility index (Phi) is 5.28. The smallest absolute Gasteiger partial charge is 0.251 e. The van der Waals surface area contributed by atoms with Gasteiger partial charge in [-0.25, -0.2) is 0 Å². The molecule has 0 saturated carbocycles. The Morgan fingerprint density at radius 2 is 2.00 bits per heavy atom. The lowest BCUT2D eigenvalue weighted by Gasteiger charge is -2.07. The first kappa shape index (κ1) is 16.3. The second kappa shape index (κ2) is 7.79. The molecule has 3 aromatic rings. The van der Waals surface area contributed by atoms with Crippen molar-refractivity contribution in [3.8, 4) is 0 Å². The van der Waals surface area contributed by atoms with Gasteiger partial charge in [0, 0.05) is 37.2 Å². The number of carbonyl (C=O) groups excluding carboxylic acids is 1. The third-order valence-electron chi connectivity index (χ3n) is 3.57. The second-order valence-electron chi connectivity index (χ2n) is 5.43. The number of carbonyl (C=O) groups is 1. The number of nitrogens with one attached hydrogen (secondary N) is 1. The van der Waals surface area contributed by atoms with E-state index in [2.05, 4.69) is 15.5 Å². The number of amides is 1. The van der Waals surface area contributed by atoms with Crippen molar-refractivity contribution in [3.05, 3.63) is 71.3 Å². The summed E-state index contributed by atoms with van der Waals surface area (Å²) >= 11 is 5.84. The molecule has 0 saturated heterocycles. The summed E-state index contributed by atoms with van der Waals surface area (Å²) in [7, 11) is 0. The molecule has 24 heavy (non-hydrogen) atoms. The van der Waals surface area contributed by atoms with Gasteiger partial charge in [-0.3, -0.25) is 14.2 Å². The fraction of sp³-hybridized carbons (Fsp3) is 0.235. The Hall–Kier alpha value is -2.60. The summed E-state index contributed by atoms with van der Waals surface area (Å²) in [6, 6.07) is 9.38. The summed E-state index contributed by atoms with van der Waals surface area (Å²) in [6.45, 7) is 2.03. The van der Waals surface area contributed by atoms with E-state index in [4.69, 9.17) is 11.6 Å². The first-order chi connectivity index (χ1) is 11.7. The molecule has 0 fully saturated rings. The van der Waals surface area contributed by atoms with E-state index >= 15 is 0 Å². The van der Waals surface area contributed by atoms with Crippen molar-refractivity contribution in [1.82, 2.24) is 24.9 Å². The average molecular weight is 344 g/mol. The molecule has 3 rings (SSSR count). The predicted molar refractivity (Wildman–Crippen MR) is 92.0 cm³/mol. The Morgan fingerprint density at radius 3 is 2.67 bits per heavy atom. The number of hydrogen-bond acceptors (Lipinski definition) is 3. The van der Waals surface area contributed by atoms with Crippen LogP contribution in [0.15, 0.2) is 55.1 Å². The zero-order valence-electron chi connectivity index (χ0n) is 13.1. The Bertz CT molecular complexity index is 780. The van der Waals surface area contributed by atoms with Gasteiger partial charge in [0.05, 0.1) is 17.8 Å². The van der Waals surface area contributed by atoms with Gasteiger partial charge in [-0.1, -0.05) is 23.7 Å². The lowest BCUT2D eigenvalue weighted by Crippen LogP contribution is -2.25. The van der Waals surface area contributed by atoms with E-state index in [1.54, 1.807) is 23.3 Å². The van der Waals surface area contributed by atoms with Crippen LogP contribution in [-0.4, -0.2) is 32.0 Å². The standard InChI is InChI=1S/C17H18ClN5O/c18-16-11-21-23(13-16)12-14-3-5-15(6-4-14)17(24)19-7-1-9-22-10-2-8-20-22/h2-6,8,10-11,13H,1,7,9,12H2,(H,19,24). The molecular formula is C17H18ClN5O. The molecule has 0 spiro atoms. The van der Waals surface area contributed by atoms with Gasteiger partial charge in [0.15, 0.2) is 0 Å². The molecule has 0 aliphatic rings. The minimum absolute atomic E-state index is 0.0656. The van der Waals surface area contributed by atoms with Gasteiger partial charge in [0.1, 0.15) is 0 Å². The Morgan fingerprint density at radius 1 is 1.17 bits per heavy atom. The highest BCUT2D eigenvalue weighted by molar-refractivity contribution is 6.30. The van der Waals surface area contributed by atoms with Crippen LogP contribution in [0.5, 0.6) is 0 Å². The number of rotatable bonds is 7. The molecule has 0 radical (unpaired) electrons. The molecule has 1 N–H and O–H groups in total. The number of aromatic nitrogens is 4. The topological polar surface area (TPSA) is 64.7 Å². The van der Waals surface area contributed by atoms with Gasteiger partial charge < -0.3 is 5.32 Å². The van der Waals surface area contributed by atoms with Crippen molar-refractivity contribution in [2.24, 2.45) is 0 Å². The van der Waals surface area contributed by atoms with E-state index in [1.165, 1.54) is 0 Å². The number of aryl methyl sites for hydroxylation is 1. The molecule has 1 amide bonds. The Labute approximate surface area is 145 Å². The maximum atomic E-state index is 12.1. The molecule has 0 atom stereocenters. The van der Waals surface area contributed by atoms with E-state index < -0.39 is 0 Å². The summed E-state index contributed by atoms with van der Waals surface area (Å²) in [5.74, 6) is -0.0656. The van der Waals surface area contributed by atoms with Gasteiger partial charge >= 0.3 is 0 Å². The van der Waals surface area contributed by atoms with Crippen LogP contribution in [0.1, 0.15) is 22.3 Å². The summed E-state index contributed by atoms with van der Waals surface area (Å²) < 4.78 is 3.61. The lowest BCUT2D eigenvalue weighted by atomic mass is 10.1. The minimum atomic E-state index is -0.0656. The van der Waals surface area contributed by atoms with Gasteiger partial charge in [0.2, 0.25) is 0 Å². The van der Waals surface area contributed by atoms with E-state index in [9.17, 15) is 4.79 Å². The largest absolute Gasteiger partial charge is 0.352 e. The highest BCUT2D eigenvalue weighted by Gasteiger charge is 2.05. The Balaban J connectivity index is 1.46. The van der Waals surface area contributed by atoms with Crippen LogP contribution in [0.4, 0.5) is 0 Å². The molecule has 124 valence electrons. The molecule has 0 unspecified atom stereocenters. The first-order valence-corrected chi connectivity index (χ1v) is 8.11. The fourth-order valence-electron chi connectivity index (χ4n) is 2.35. The van der Waals surface area contributed by atoms with Gasteiger partial charge in [-0.2, -0.15) is 10.2 Å². The molecule has 2 heterocycles. The van der Waals surface area contributed by atoms with Gasteiger partial charge in [-0.05, 0) is 30.2 Å². The summed E-state index contributed by atoms with van der Waals surface area (Å²) in [5, 5.41) is 11.8. The summed E-state index contributed by atoms with van der Waals surface area (Å²) in [5.41, 5.74) is 1.71. The summed E-state index contributed by atoms with van der Waals surface area (Å²) in [6.07, 6.45) is 7.87. The maximum absolute atomic E-state index is 12.1. The van der Waals surface area contributed by atoms with Crippen molar-refractivity contribution >= 4 is 17.5 Å². The highest BCUT2D eigenvalue weighted by Crippen LogP contribution is 2.09. The SMILES string of the molecule is O=C(NCCCn1cccn1)c1ccc(Cn2cc(Cl)cn2)cc1. The van der Waals surface area contributed by atoms with Gasteiger partial charge in [-0.15, -0.1) is 0 Å². The minimum Gasteiger partial charge on any atom is -0.352 e. The number of halogens is 1. The zero-order chi connectivity index (χ0) is 16.8. The number of nitrogens with zero attached hydrogens (tertiary/aromatic N) is 4. The normalized spacial score (nSPS) is 10.7. The molecule has 7 heteroatoms. The average Bonchev–Trinajstić information content (AvgIpc) is 3.24. The van der Waals surface area contributed by atoms with Crippen molar-refractivity contribution < 1.29 is 4.79 Å². The first-order valence-electron chi connectivity index (χ1n) is 7.73. The predicted octanol–water partition coefficient (Wildman–Crippen LogP) is 2.60. The summed E-state index contributed by atoms with van der Waals surface area (Å²) in [4.78, 5) is 12.1. The molecular weight excluding hydrogens is 326 g/mol. The molecule has 0 aliphatic carbocycles. The second-order valence-corrected chi connectivity index (χ2v) is 5.87. The van der Waals surface area contributed by atoms with Crippen LogP contribution in [0.2, 0.25) is 5.02 Å². The quantitative estimate of drug-likeness (QED) is 0.671. The van der Waals surface area contributed by atoms with E-state index in [1.807, 2.05) is 41.2 Å². The molecule has 6 nitrogen and oxygen atoms in total. The molecule has 0 bridgehead atoms. The van der Waals surface area contributed by atoms with Crippen LogP contribution in [0.3, 0.4) is 0 Å². The van der Waals surface area contributed by atoms with E-state index in [0.717, 1.165) is 18.5 Å².